The summed E-state index contributed by atoms with van der Waals surface area (Å²) in [7, 11) is 0. The average Bonchev–Trinajstić information content (AvgIpc) is 2.39. The molecule has 0 bridgehead atoms. The van der Waals surface area contributed by atoms with Crippen molar-refractivity contribution >= 4 is 11.6 Å². The van der Waals surface area contributed by atoms with E-state index in [1.54, 1.807) is 18.2 Å². The van der Waals surface area contributed by atoms with Crippen molar-refractivity contribution in [3.63, 3.8) is 0 Å². The van der Waals surface area contributed by atoms with Crippen LogP contribution in [0.2, 0.25) is 5.02 Å². The fraction of sp³-hybridized carbons (Fsp3) is 0.200. The van der Waals surface area contributed by atoms with Crippen LogP contribution < -0.4 is 0 Å². The van der Waals surface area contributed by atoms with Gasteiger partial charge in [0, 0.05) is 10.6 Å². The van der Waals surface area contributed by atoms with Crippen molar-refractivity contribution in [3.8, 4) is 0 Å². The number of benzene rings is 2. The molecule has 94 valence electrons. The molecule has 2 aromatic carbocycles. The molecule has 3 heteroatoms. The van der Waals surface area contributed by atoms with Gasteiger partial charge in [-0.25, -0.2) is 4.39 Å². The Bertz CT molecular complexity index is 541. The second-order valence-electron chi connectivity index (χ2n) is 4.20. The maximum atomic E-state index is 14.0. The fourth-order valence-electron chi connectivity index (χ4n) is 2.09. The maximum Gasteiger partial charge on any atom is 0.131 e. The maximum absolute atomic E-state index is 14.0. The first-order valence-corrected chi connectivity index (χ1v) is 6.19. The Morgan fingerprint density at radius 2 is 1.83 bits per heavy atom. The predicted octanol–water partition coefficient (Wildman–Crippen LogP) is 4.13. The van der Waals surface area contributed by atoms with Crippen molar-refractivity contribution in [3.05, 3.63) is 70.5 Å². The molecule has 0 fully saturated rings. The van der Waals surface area contributed by atoms with Crippen molar-refractivity contribution < 1.29 is 9.50 Å². The Kier molecular flexibility index (Phi) is 3.69. The number of hydrogen-bond acceptors (Lipinski definition) is 1. The van der Waals surface area contributed by atoms with Crippen LogP contribution in [-0.4, -0.2) is 5.11 Å². The first-order chi connectivity index (χ1) is 8.58. The van der Waals surface area contributed by atoms with Gasteiger partial charge in [-0.2, -0.15) is 0 Å². The molecule has 1 nitrogen and oxygen atoms in total. The standard InChI is InChI=1S/C15H14ClFO/c1-2-15(18,11-6-4-3-5-7-11)13-9-8-12(16)10-14(13)17/h3-10,18H,2H2,1H3. The predicted molar refractivity (Wildman–Crippen MR) is 71.1 cm³/mol. The van der Waals surface area contributed by atoms with E-state index in [2.05, 4.69) is 0 Å². The molecule has 0 heterocycles. The Morgan fingerprint density at radius 1 is 1.17 bits per heavy atom. The van der Waals surface area contributed by atoms with Crippen molar-refractivity contribution in [2.24, 2.45) is 0 Å². The number of rotatable bonds is 3. The van der Waals surface area contributed by atoms with Crippen LogP contribution in [0.3, 0.4) is 0 Å². The molecule has 1 atom stereocenters. The number of aliphatic hydroxyl groups is 1. The lowest BCUT2D eigenvalue weighted by Crippen LogP contribution is -2.27. The van der Waals surface area contributed by atoms with E-state index >= 15 is 0 Å². The van der Waals surface area contributed by atoms with Crippen molar-refractivity contribution in [1.29, 1.82) is 0 Å². The highest BCUT2D eigenvalue weighted by atomic mass is 35.5. The molecule has 1 unspecified atom stereocenters. The van der Waals surface area contributed by atoms with Crippen LogP contribution in [-0.2, 0) is 5.60 Å². The molecular weight excluding hydrogens is 251 g/mol. The van der Waals surface area contributed by atoms with E-state index in [1.165, 1.54) is 12.1 Å². The molecule has 0 spiro atoms. The molecule has 0 aliphatic rings. The SMILES string of the molecule is CCC(O)(c1ccccc1)c1ccc(Cl)cc1F. The summed E-state index contributed by atoms with van der Waals surface area (Å²) in [4.78, 5) is 0. The summed E-state index contributed by atoms with van der Waals surface area (Å²) >= 11 is 5.73. The molecule has 0 aliphatic heterocycles. The van der Waals surface area contributed by atoms with Gasteiger partial charge in [0.2, 0.25) is 0 Å². The van der Waals surface area contributed by atoms with Crippen LogP contribution in [0.25, 0.3) is 0 Å². The molecule has 2 aromatic rings. The lowest BCUT2D eigenvalue weighted by atomic mass is 9.84. The average molecular weight is 265 g/mol. The van der Waals surface area contributed by atoms with Gasteiger partial charge in [0.1, 0.15) is 11.4 Å². The molecule has 0 radical (unpaired) electrons. The summed E-state index contributed by atoms with van der Waals surface area (Å²) in [5.74, 6) is -0.490. The van der Waals surface area contributed by atoms with Gasteiger partial charge in [-0.1, -0.05) is 54.9 Å². The molecule has 18 heavy (non-hydrogen) atoms. The normalized spacial score (nSPS) is 14.2. The number of hydrogen-bond donors (Lipinski definition) is 1. The molecule has 0 saturated carbocycles. The van der Waals surface area contributed by atoms with Crippen molar-refractivity contribution in [2.75, 3.05) is 0 Å². The van der Waals surface area contributed by atoms with Gasteiger partial charge < -0.3 is 5.11 Å². The first-order valence-electron chi connectivity index (χ1n) is 5.81. The van der Waals surface area contributed by atoms with Crippen LogP contribution in [0.4, 0.5) is 4.39 Å². The zero-order valence-electron chi connectivity index (χ0n) is 10.0. The second kappa shape index (κ2) is 5.09. The highest BCUT2D eigenvalue weighted by Gasteiger charge is 2.32. The van der Waals surface area contributed by atoms with Gasteiger partial charge in [0.05, 0.1) is 0 Å². The van der Waals surface area contributed by atoms with Crippen LogP contribution >= 0.6 is 11.6 Å². The van der Waals surface area contributed by atoms with E-state index in [4.69, 9.17) is 11.6 Å². The molecule has 0 aliphatic carbocycles. The van der Waals surface area contributed by atoms with Crippen LogP contribution in [0.15, 0.2) is 48.5 Å². The Balaban J connectivity index is 2.57. The Morgan fingerprint density at radius 3 is 2.39 bits per heavy atom. The highest BCUT2D eigenvalue weighted by molar-refractivity contribution is 6.30. The van der Waals surface area contributed by atoms with E-state index in [1.807, 2.05) is 25.1 Å². The molecule has 0 amide bonds. The minimum atomic E-state index is -1.32. The van der Waals surface area contributed by atoms with Gasteiger partial charge in [0.15, 0.2) is 0 Å². The lowest BCUT2D eigenvalue weighted by molar-refractivity contribution is 0.0726. The quantitative estimate of drug-likeness (QED) is 0.884. The summed E-state index contributed by atoms with van der Waals surface area (Å²) < 4.78 is 14.0. The molecule has 0 saturated heterocycles. The number of halogens is 2. The van der Waals surface area contributed by atoms with E-state index in [0.717, 1.165) is 0 Å². The monoisotopic (exact) mass is 264 g/mol. The van der Waals surface area contributed by atoms with Crippen molar-refractivity contribution in [1.82, 2.24) is 0 Å². The van der Waals surface area contributed by atoms with Gasteiger partial charge in [-0.3, -0.25) is 0 Å². The topological polar surface area (TPSA) is 20.2 Å². The molecule has 1 N–H and O–H groups in total. The van der Waals surface area contributed by atoms with E-state index in [-0.39, 0.29) is 5.56 Å². The smallest absolute Gasteiger partial charge is 0.131 e. The zero-order chi connectivity index (χ0) is 13.2. The van der Waals surface area contributed by atoms with E-state index < -0.39 is 11.4 Å². The van der Waals surface area contributed by atoms with Crippen LogP contribution in [0.1, 0.15) is 24.5 Å². The zero-order valence-corrected chi connectivity index (χ0v) is 10.8. The van der Waals surface area contributed by atoms with E-state index in [9.17, 15) is 9.50 Å². The van der Waals surface area contributed by atoms with Gasteiger partial charge in [-0.15, -0.1) is 0 Å². The summed E-state index contributed by atoms with van der Waals surface area (Å²) in [6.45, 7) is 1.82. The third-order valence-corrected chi connectivity index (χ3v) is 3.37. The highest BCUT2D eigenvalue weighted by Crippen LogP contribution is 2.35. The third kappa shape index (κ3) is 2.26. The minimum absolute atomic E-state index is 0.251. The van der Waals surface area contributed by atoms with Crippen LogP contribution in [0, 0.1) is 5.82 Å². The molecular formula is C15H14ClFO. The second-order valence-corrected chi connectivity index (χ2v) is 4.64. The fourth-order valence-corrected chi connectivity index (χ4v) is 2.25. The third-order valence-electron chi connectivity index (χ3n) is 3.14. The largest absolute Gasteiger partial charge is 0.380 e. The van der Waals surface area contributed by atoms with Crippen LogP contribution in [0.5, 0.6) is 0 Å². The van der Waals surface area contributed by atoms with Gasteiger partial charge in [-0.05, 0) is 24.1 Å². The minimum Gasteiger partial charge on any atom is -0.380 e. The van der Waals surface area contributed by atoms with Crippen molar-refractivity contribution in [2.45, 2.75) is 18.9 Å². The van der Waals surface area contributed by atoms with Gasteiger partial charge in [0.25, 0.3) is 0 Å². The summed E-state index contributed by atoms with van der Waals surface area (Å²) in [6.07, 6.45) is 0.384. The van der Waals surface area contributed by atoms with E-state index in [0.29, 0.717) is 17.0 Å². The first kappa shape index (κ1) is 13.1. The lowest BCUT2D eigenvalue weighted by Gasteiger charge is -2.28. The summed E-state index contributed by atoms with van der Waals surface area (Å²) in [6, 6.07) is 13.4. The Hall–Kier alpha value is -1.38. The summed E-state index contributed by atoms with van der Waals surface area (Å²) in [5.41, 5.74) is -0.398. The molecule has 0 aromatic heterocycles. The molecule has 2 rings (SSSR count). The Labute approximate surface area is 111 Å². The summed E-state index contributed by atoms with van der Waals surface area (Å²) in [5, 5.41) is 11.1. The van der Waals surface area contributed by atoms with Gasteiger partial charge >= 0.3 is 0 Å².